The first kappa shape index (κ1) is 19.7. The summed E-state index contributed by atoms with van der Waals surface area (Å²) in [7, 11) is 0. The van der Waals surface area contributed by atoms with Gasteiger partial charge in [-0.25, -0.2) is 0 Å². The van der Waals surface area contributed by atoms with Gasteiger partial charge in [-0.15, -0.1) is 0 Å². The van der Waals surface area contributed by atoms with E-state index in [1.165, 1.54) is 5.56 Å². The van der Waals surface area contributed by atoms with Crippen LogP contribution in [-0.2, 0) is 4.79 Å². The quantitative estimate of drug-likeness (QED) is 0.761. The molecule has 0 aliphatic carbocycles. The minimum Gasteiger partial charge on any atom is -0.341 e. The fourth-order valence-electron chi connectivity index (χ4n) is 5.08. The maximum atomic E-state index is 13.6. The molecule has 1 atom stereocenters. The Bertz CT molecular complexity index is 921. The Morgan fingerprint density at radius 2 is 1.79 bits per heavy atom. The Hall–Kier alpha value is -2.62. The van der Waals surface area contributed by atoms with Gasteiger partial charge in [-0.2, -0.15) is 0 Å². The van der Waals surface area contributed by atoms with E-state index < -0.39 is 5.54 Å². The summed E-state index contributed by atoms with van der Waals surface area (Å²) in [6.45, 7) is 6.45. The highest BCUT2D eigenvalue weighted by molar-refractivity contribution is 6.00. The zero-order valence-electron chi connectivity index (χ0n) is 17.5. The third-order valence-corrected chi connectivity index (χ3v) is 6.50. The van der Waals surface area contributed by atoms with Crippen LogP contribution in [0.25, 0.3) is 11.1 Å². The summed E-state index contributed by atoms with van der Waals surface area (Å²) in [4.78, 5) is 30.8. The van der Waals surface area contributed by atoms with Crippen LogP contribution in [0, 0.1) is 6.92 Å². The van der Waals surface area contributed by atoms with E-state index in [0.29, 0.717) is 12.1 Å². The molecule has 1 spiro atoms. The van der Waals surface area contributed by atoms with E-state index in [9.17, 15) is 9.59 Å². The van der Waals surface area contributed by atoms with E-state index in [0.717, 1.165) is 56.3 Å². The van der Waals surface area contributed by atoms with Crippen molar-refractivity contribution in [2.75, 3.05) is 19.6 Å². The number of hydrogen-bond donors (Lipinski definition) is 0. The van der Waals surface area contributed by atoms with Gasteiger partial charge in [0.25, 0.3) is 5.91 Å². The van der Waals surface area contributed by atoms with Crippen molar-refractivity contribution in [1.29, 1.82) is 0 Å². The number of aryl methyl sites for hydroxylation is 1. The first-order valence-electron chi connectivity index (χ1n) is 10.8. The summed E-state index contributed by atoms with van der Waals surface area (Å²) in [5, 5.41) is 0. The van der Waals surface area contributed by atoms with Crippen molar-refractivity contribution in [2.24, 2.45) is 0 Å². The number of piperidine rings is 1. The van der Waals surface area contributed by atoms with Crippen LogP contribution in [0.4, 0.5) is 0 Å². The monoisotopic (exact) mass is 390 g/mol. The van der Waals surface area contributed by atoms with E-state index in [4.69, 9.17) is 0 Å². The van der Waals surface area contributed by atoms with Gasteiger partial charge in [-0.05, 0) is 67.9 Å². The number of carbonyl (C=O) groups is 2. The Morgan fingerprint density at radius 3 is 2.55 bits per heavy atom. The molecule has 2 aliphatic heterocycles. The van der Waals surface area contributed by atoms with Crippen molar-refractivity contribution in [1.82, 2.24) is 9.80 Å². The van der Waals surface area contributed by atoms with Crippen molar-refractivity contribution in [2.45, 2.75) is 51.5 Å². The molecule has 2 aliphatic rings. The Balaban J connectivity index is 1.65. The molecule has 4 heteroatoms. The van der Waals surface area contributed by atoms with Crippen LogP contribution in [0.3, 0.4) is 0 Å². The molecule has 2 heterocycles. The molecule has 2 amide bonds. The van der Waals surface area contributed by atoms with Crippen LogP contribution in [-0.4, -0.2) is 46.8 Å². The van der Waals surface area contributed by atoms with Gasteiger partial charge in [0.2, 0.25) is 5.91 Å². The van der Waals surface area contributed by atoms with Crippen LogP contribution in [0.5, 0.6) is 0 Å². The molecular weight excluding hydrogens is 360 g/mol. The van der Waals surface area contributed by atoms with Gasteiger partial charge in [-0.3, -0.25) is 9.59 Å². The molecule has 29 heavy (non-hydrogen) atoms. The predicted octanol–water partition coefficient (Wildman–Crippen LogP) is 4.67. The van der Waals surface area contributed by atoms with Crippen molar-refractivity contribution < 1.29 is 9.59 Å². The average molecular weight is 391 g/mol. The van der Waals surface area contributed by atoms with E-state index in [-0.39, 0.29) is 11.8 Å². The lowest BCUT2D eigenvalue weighted by molar-refractivity contribution is -0.145. The summed E-state index contributed by atoms with van der Waals surface area (Å²) in [6.07, 6.45) is 4.40. The molecule has 2 fully saturated rings. The average Bonchev–Trinajstić information content (AvgIpc) is 3.16. The van der Waals surface area contributed by atoms with Crippen molar-refractivity contribution in [3.63, 3.8) is 0 Å². The standard InChI is InChI=1S/C25H30N2O2/c1-3-15-26-16-7-13-25(24(26)29)14-8-17-27(25)23(28)21-11-6-10-20(18-21)22-12-5-4-9-19(22)2/h4-6,9-12,18H,3,7-8,13-17H2,1-2H3. The number of carbonyl (C=O) groups excluding carboxylic acids is 2. The fourth-order valence-corrected chi connectivity index (χ4v) is 5.08. The number of hydrogen-bond acceptors (Lipinski definition) is 2. The second-order valence-electron chi connectivity index (χ2n) is 8.38. The van der Waals surface area contributed by atoms with Gasteiger partial charge in [0.1, 0.15) is 5.54 Å². The lowest BCUT2D eigenvalue weighted by Gasteiger charge is -2.44. The fraction of sp³-hybridized carbons (Fsp3) is 0.440. The van der Waals surface area contributed by atoms with Crippen molar-refractivity contribution >= 4 is 11.8 Å². The Morgan fingerprint density at radius 1 is 1.03 bits per heavy atom. The largest absolute Gasteiger partial charge is 0.341 e. The molecule has 0 radical (unpaired) electrons. The first-order valence-corrected chi connectivity index (χ1v) is 10.8. The van der Waals surface area contributed by atoms with E-state index in [1.807, 2.05) is 46.2 Å². The molecule has 4 nitrogen and oxygen atoms in total. The third-order valence-electron chi connectivity index (χ3n) is 6.50. The van der Waals surface area contributed by atoms with Crippen molar-refractivity contribution in [3.05, 3.63) is 59.7 Å². The molecule has 0 bridgehead atoms. The maximum absolute atomic E-state index is 13.6. The Labute approximate surface area is 173 Å². The molecule has 0 aromatic heterocycles. The zero-order valence-corrected chi connectivity index (χ0v) is 17.5. The third kappa shape index (κ3) is 3.45. The van der Waals surface area contributed by atoms with Crippen LogP contribution in [0.2, 0.25) is 0 Å². The highest BCUT2D eigenvalue weighted by atomic mass is 16.2. The normalized spacial score (nSPS) is 21.8. The SMILES string of the molecule is CCCN1CCCC2(CCCN2C(=O)c2cccc(-c3ccccc3C)c2)C1=O. The summed E-state index contributed by atoms with van der Waals surface area (Å²) < 4.78 is 0. The van der Waals surface area contributed by atoms with Crippen molar-refractivity contribution in [3.8, 4) is 11.1 Å². The van der Waals surface area contributed by atoms with E-state index in [2.05, 4.69) is 26.0 Å². The summed E-state index contributed by atoms with van der Waals surface area (Å²) in [6, 6.07) is 16.1. The molecule has 4 rings (SSSR count). The van der Waals surface area contributed by atoms with Crippen LogP contribution < -0.4 is 0 Å². The number of amides is 2. The smallest absolute Gasteiger partial charge is 0.254 e. The summed E-state index contributed by atoms with van der Waals surface area (Å²) in [5.41, 5.74) is 3.41. The van der Waals surface area contributed by atoms with Crippen LogP contribution in [0.15, 0.2) is 48.5 Å². The van der Waals surface area contributed by atoms with E-state index >= 15 is 0 Å². The molecule has 2 saturated heterocycles. The van der Waals surface area contributed by atoms with E-state index in [1.54, 1.807) is 0 Å². The number of benzene rings is 2. The molecular formula is C25H30N2O2. The van der Waals surface area contributed by atoms with Gasteiger partial charge < -0.3 is 9.80 Å². The second-order valence-corrected chi connectivity index (χ2v) is 8.38. The predicted molar refractivity (Wildman–Crippen MR) is 116 cm³/mol. The van der Waals surface area contributed by atoms with Gasteiger partial charge in [-0.1, -0.05) is 43.3 Å². The summed E-state index contributed by atoms with van der Waals surface area (Å²) >= 11 is 0. The second kappa shape index (κ2) is 8.02. The lowest BCUT2D eigenvalue weighted by atomic mass is 9.85. The number of likely N-dealkylation sites (tertiary alicyclic amines) is 2. The minimum absolute atomic E-state index is 0.00960. The maximum Gasteiger partial charge on any atom is 0.254 e. The summed E-state index contributed by atoms with van der Waals surface area (Å²) in [5.74, 6) is 0.149. The Kier molecular flexibility index (Phi) is 5.44. The molecule has 0 N–H and O–H groups in total. The highest BCUT2D eigenvalue weighted by Gasteiger charge is 2.52. The van der Waals surface area contributed by atoms with Gasteiger partial charge in [0.15, 0.2) is 0 Å². The zero-order chi connectivity index (χ0) is 20.4. The topological polar surface area (TPSA) is 40.6 Å². The van der Waals surface area contributed by atoms with Crippen LogP contribution in [0.1, 0.15) is 54.9 Å². The number of rotatable bonds is 4. The molecule has 2 aromatic rings. The minimum atomic E-state index is -0.636. The first-order chi connectivity index (χ1) is 14.1. The van der Waals surface area contributed by atoms with Gasteiger partial charge in [0.05, 0.1) is 0 Å². The van der Waals surface area contributed by atoms with Crippen LogP contribution >= 0.6 is 0 Å². The number of nitrogens with zero attached hydrogens (tertiary/aromatic N) is 2. The lowest BCUT2D eigenvalue weighted by Crippen LogP contribution is -2.61. The molecule has 2 aromatic carbocycles. The molecule has 1 unspecified atom stereocenters. The highest BCUT2D eigenvalue weighted by Crippen LogP contribution is 2.39. The molecule has 0 saturated carbocycles. The van der Waals surface area contributed by atoms with Gasteiger partial charge in [0, 0.05) is 25.2 Å². The molecule has 152 valence electrons. The van der Waals surface area contributed by atoms with Gasteiger partial charge >= 0.3 is 0 Å².